The molecule has 0 fully saturated rings. The Morgan fingerprint density at radius 2 is 2.30 bits per heavy atom. The lowest BCUT2D eigenvalue weighted by Gasteiger charge is -2.00. The van der Waals surface area contributed by atoms with Gasteiger partial charge in [-0.25, -0.2) is 0 Å². The fourth-order valence-electron chi connectivity index (χ4n) is 0.502. The average molecular weight is 165 g/mol. The molecule has 0 bridgehead atoms. The van der Waals surface area contributed by atoms with E-state index >= 15 is 0 Å². The third kappa shape index (κ3) is 5.56. The first kappa shape index (κ1) is 9.43. The molecule has 0 spiro atoms. The summed E-state index contributed by atoms with van der Waals surface area (Å²) < 4.78 is 0. The van der Waals surface area contributed by atoms with E-state index in [0.717, 1.165) is 0 Å². The first-order valence-electron chi connectivity index (χ1n) is 2.96. The van der Waals surface area contributed by atoms with Crippen molar-refractivity contribution in [2.45, 2.75) is 24.6 Å². The highest BCUT2D eigenvalue weighted by molar-refractivity contribution is 6.21. The molecule has 0 aliphatic heterocycles. The number of hydrogen-bond acceptors (Lipinski definition) is 2. The molecule has 10 heavy (non-hydrogen) atoms. The van der Waals surface area contributed by atoms with Crippen LogP contribution in [-0.2, 0) is 9.59 Å². The van der Waals surface area contributed by atoms with Crippen molar-refractivity contribution < 1.29 is 14.7 Å². The van der Waals surface area contributed by atoms with Gasteiger partial charge in [-0.1, -0.05) is 0 Å². The van der Waals surface area contributed by atoms with Crippen LogP contribution >= 0.6 is 11.6 Å². The van der Waals surface area contributed by atoms with Gasteiger partial charge in [0, 0.05) is 18.2 Å². The minimum Gasteiger partial charge on any atom is -0.481 e. The van der Waals surface area contributed by atoms with Gasteiger partial charge in [0.2, 0.25) is 0 Å². The summed E-state index contributed by atoms with van der Waals surface area (Å²) in [5, 5.41) is 7.86. The van der Waals surface area contributed by atoms with Crippen LogP contribution in [0.15, 0.2) is 0 Å². The summed E-state index contributed by atoms with van der Waals surface area (Å²) >= 11 is 5.53. The van der Waals surface area contributed by atoms with Crippen LogP contribution in [0.2, 0.25) is 0 Å². The lowest BCUT2D eigenvalue weighted by Crippen LogP contribution is -2.03. The van der Waals surface area contributed by atoms with Crippen molar-refractivity contribution in [3.05, 3.63) is 0 Å². The number of carboxylic acid groups (broad SMARTS) is 1. The number of aliphatic carboxylic acids is 1. The number of carbonyl (C=O) groups excluding carboxylic acids is 1. The summed E-state index contributed by atoms with van der Waals surface area (Å²) in [5.41, 5.74) is 0. The molecular formula is C6H9ClO3. The summed E-state index contributed by atoms with van der Waals surface area (Å²) in [7, 11) is 0. The summed E-state index contributed by atoms with van der Waals surface area (Å²) in [6, 6.07) is 0. The fourth-order valence-corrected chi connectivity index (χ4v) is 0.684. The Hall–Kier alpha value is -0.570. The molecule has 0 saturated heterocycles. The van der Waals surface area contributed by atoms with Crippen molar-refractivity contribution >= 4 is 23.9 Å². The Morgan fingerprint density at radius 1 is 1.70 bits per heavy atom. The molecule has 4 heteroatoms. The van der Waals surface area contributed by atoms with E-state index in [1.165, 1.54) is 0 Å². The third-order valence-corrected chi connectivity index (χ3v) is 1.42. The topological polar surface area (TPSA) is 54.4 Å². The molecule has 0 radical (unpaired) electrons. The highest BCUT2D eigenvalue weighted by Crippen LogP contribution is 2.07. The molecular weight excluding hydrogens is 156 g/mol. The van der Waals surface area contributed by atoms with Gasteiger partial charge in [-0.2, -0.15) is 0 Å². The number of aldehydes is 1. The van der Waals surface area contributed by atoms with Gasteiger partial charge in [-0.15, -0.1) is 11.6 Å². The van der Waals surface area contributed by atoms with Crippen molar-refractivity contribution in [3.63, 3.8) is 0 Å². The summed E-state index contributed by atoms with van der Waals surface area (Å²) in [6.45, 7) is 0. The van der Waals surface area contributed by atoms with E-state index in [9.17, 15) is 9.59 Å². The number of alkyl halides is 1. The van der Waals surface area contributed by atoms with E-state index in [0.29, 0.717) is 12.7 Å². The largest absolute Gasteiger partial charge is 0.481 e. The van der Waals surface area contributed by atoms with E-state index in [4.69, 9.17) is 16.7 Å². The highest BCUT2D eigenvalue weighted by Gasteiger charge is 2.05. The van der Waals surface area contributed by atoms with Gasteiger partial charge in [0.15, 0.2) is 0 Å². The monoisotopic (exact) mass is 164 g/mol. The molecule has 0 saturated carbocycles. The predicted octanol–water partition coefficient (Wildman–Crippen LogP) is 1.05. The van der Waals surface area contributed by atoms with Gasteiger partial charge in [-0.3, -0.25) is 4.79 Å². The van der Waals surface area contributed by atoms with Crippen LogP contribution in [0.4, 0.5) is 0 Å². The van der Waals surface area contributed by atoms with Gasteiger partial charge in [0.1, 0.15) is 6.29 Å². The lowest BCUT2D eigenvalue weighted by molar-refractivity contribution is -0.137. The Kier molecular flexibility index (Phi) is 4.94. The van der Waals surface area contributed by atoms with Gasteiger partial charge >= 0.3 is 5.97 Å². The molecule has 1 atom stereocenters. The van der Waals surface area contributed by atoms with Crippen molar-refractivity contribution in [1.29, 1.82) is 0 Å². The van der Waals surface area contributed by atoms with Crippen LogP contribution in [0.3, 0.4) is 0 Å². The zero-order chi connectivity index (χ0) is 7.98. The zero-order valence-corrected chi connectivity index (χ0v) is 6.17. The first-order valence-corrected chi connectivity index (χ1v) is 3.40. The van der Waals surface area contributed by atoms with Crippen molar-refractivity contribution in [1.82, 2.24) is 0 Å². The Labute approximate surface area is 64.0 Å². The maximum absolute atomic E-state index is 9.96. The number of carboxylic acids is 1. The molecule has 0 rings (SSSR count). The predicted molar refractivity (Wildman–Crippen MR) is 37.2 cm³/mol. The van der Waals surface area contributed by atoms with Crippen molar-refractivity contribution in [2.24, 2.45) is 0 Å². The number of halogens is 1. The van der Waals surface area contributed by atoms with Gasteiger partial charge in [-0.05, 0) is 6.42 Å². The summed E-state index contributed by atoms with van der Waals surface area (Å²) in [5.74, 6) is -0.878. The Balaban J connectivity index is 3.29. The maximum Gasteiger partial charge on any atom is 0.303 e. The SMILES string of the molecule is O=CCC(Cl)CCC(=O)O. The molecule has 0 heterocycles. The Bertz CT molecular complexity index is 124. The van der Waals surface area contributed by atoms with Crippen molar-refractivity contribution in [3.8, 4) is 0 Å². The number of rotatable bonds is 5. The summed E-state index contributed by atoms with van der Waals surface area (Å²) in [6.07, 6.45) is 1.31. The smallest absolute Gasteiger partial charge is 0.303 e. The second kappa shape index (κ2) is 5.23. The molecule has 1 unspecified atom stereocenters. The Morgan fingerprint density at radius 3 is 2.70 bits per heavy atom. The van der Waals surface area contributed by atoms with Crippen LogP contribution < -0.4 is 0 Å². The third-order valence-electron chi connectivity index (χ3n) is 1.02. The van der Waals surface area contributed by atoms with Gasteiger partial charge in [0.25, 0.3) is 0 Å². The molecule has 3 nitrogen and oxygen atoms in total. The van der Waals surface area contributed by atoms with E-state index in [1.54, 1.807) is 0 Å². The van der Waals surface area contributed by atoms with E-state index in [1.807, 2.05) is 0 Å². The standard InChI is InChI=1S/C6H9ClO3/c7-5(3-4-8)1-2-6(9)10/h4-5H,1-3H2,(H,9,10). The average Bonchev–Trinajstić information content (AvgIpc) is 1.85. The van der Waals surface area contributed by atoms with Gasteiger partial charge < -0.3 is 9.90 Å². The van der Waals surface area contributed by atoms with Gasteiger partial charge in [0.05, 0.1) is 0 Å². The number of carbonyl (C=O) groups is 2. The number of hydrogen-bond donors (Lipinski definition) is 1. The minimum absolute atomic E-state index is 0.0298. The van der Waals surface area contributed by atoms with E-state index in [-0.39, 0.29) is 18.2 Å². The minimum atomic E-state index is -0.878. The second-order valence-corrected chi connectivity index (χ2v) is 2.55. The van der Waals surface area contributed by atoms with Crippen LogP contribution in [0, 0.1) is 0 Å². The normalized spacial score (nSPS) is 12.5. The first-order chi connectivity index (χ1) is 4.66. The maximum atomic E-state index is 9.96. The van der Waals surface area contributed by atoms with E-state index < -0.39 is 5.97 Å². The fraction of sp³-hybridized carbons (Fsp3) is 0.667. The molecule has 58 valence electrons. The molecule has 0 aromatic heterocycles. The molecule has 0 aliphatic rings. The lowest BCUT2D eigenvalue weighted by atomic mass is 10.2. The molecule has 0 amide bonds. The molecule has 0 aromatic rings. The zero-order valence-electron chi connectivity index (χ0n) is 5.42. The van der Waals surface area contributed by atoms with Crippen molar-refractivity contribution in [2.75, 3.05) is 0 Å². The quantitative estimate of drug-likeness (QED) is 0.488. The molecule has 1 N–H and O–H groups in total. The van der Waals surface area contributed by atoms with Crippen LogP contribution in [0.5, 0.6) is 0 Å². The molecule has 0 aliphatic carbocycles. The van der Waals surface area contributed by atoms with Crippen LogP contribution in [0.1, 0.15) is 19.3 Å². The second-order valence-electron chi connectivity index (χ2n) is 1.93. The highest BCUT2D eigenvalue weighted by atomic mass is 35.5. The molecule has 0 aromatic carbocycles. The van der Waals surface area contributed by atoms with Crippen LogP contribution in [0.25, 0.3) is 0 Å². The van der Waals surface area contributed by atoms with E-state index in [2.05, 4.69) is 0 Å². The van der Waals surface area contributed by atoms with Crippen LogP contribution in [-0.4, -0.2) is 22.7 Å². The summed E-state index contributed by atoms with van der Waals surface area (Å²) in [4.78, 5) is 19.8.